The lowest BCUT2D eigenvalue weighted by Gasteiger charge is -2.06. The number of amides is 1. The van der Waals surface area contributed by atoms with Crippen LogP contribution in [0, 0.1) is 20.8 Å². The second kappa shape index (κ2) is 8.39. The Kier molecular flexibility index (Phi) is 5.94. The summed E-state index contributed by atoms with van der Waals surface area (Å²) < 4.78 is 13.0. The third kappa shape index (κ3) is 4.48. The maximum atomic E-state index is 12.4. The van der Waals surface area contributed by atoms with Crippen molar-refractivity contribution in [1.29, 1.82) is 0 Å². The lowest BCUT2D eigenvalue weighted by atomic mass is 10.1. The summed E-state index contributed by atoms with van der Waals surface area (Å²) in [5.41, 5.74) is 4.12. The summed E-state index contributed by atoms with van der Waals surface area (Å²) in [5.74, 6) is -0.205. The van der Waals surface area contributed by atoms with Gasteiger partial charge in [0.2, 0.25) is 0 Å². The Hall–Kier alpha value is -2.93. The molecule has 0 N–H and O–H groups in total. The van der Waals surface area contributed by atoms with Crippen molar-refractivity contribution in [3.63, 3.8) is 0 Å². The maximum Gasteiger partial charge on any atom is 0.325 e. The van der Waals surface area contributed by atoms with Crippen LogP contribution in [0.2, 0.25) is 0 Å². The smallest absolute Gasteiger partial charge is 0.325 e. The number of esters is 1. The maximum absolute atomic E-state index is 12.4. The van der Waals surface area contributed by atoms with E-state index in [1.807, 2.05) is 51.1 Å². The van der Waals surface area contributed by atoms with E-state index in [1.165, 1.54) is 18.4 Å². The molecule has 0 radical (unpaired) electrons. The minimum absolute atomic E-state index is 0.00960. The van der Waals surface area contributed by atoms with Gasteiger partial charge in [0, 0.05) is 0 Å². The number of aryl methyl sites for hydroxylation is 3. The molecule has 28 heavy (non-hydrogen) atoms. The monoisotopic (exact) mass is 398 g/mol. The topological polar surface area (TPSA) is 69.9 Å². The molecule has 7 heteroatoms. The van der Waals surface area contributed by atoms with Crippen molar-refractivity contribution in [2.45, 2.75) is 27.3 Å². The van der Waals surface area contributed by atoms with E-state index < -0.39 is 11.9 Å². The molecule has 0 unspecified atom stereocenters. The summed E-state index contributed by atoms with van der Waals surface area (Å²) in [7, 11) is 1.34. The van der Waals surface area contributed by atoms with Gasteiger partial charge in [-0.1, -0.05) is 35.1 Å². The van der Waals surface area contributed by atoms with Gasteiger partial charge in [-0.15, -0.1) is 0 Å². The minimum atomic E-state index is -0.417. The summed E-state index contributed by atoms with van der Waals surface area (Å²) in [6, 6.07) is 11.5. The molecule has 0 aliphatic heterocycles. The van der Waals surface area contributed by atoms with Crippen LogP contribution in [0.15, 0.2) is 41.4 Å². The molecule has 1 aromatic heterocycles. The fraction of sp³-hybridized carbons (Fsp3) is 0.286. The average molecular weight is 398 g/mol. The van der Waals surface area contributed by atoms with Gasteiger partial charge in [0.05, 0.1) is 17.3 Å². The fourth-order valence-corrected chi connectivity index (χ4v) is 3.96. The molecule has 0 fully saturated rings. The van der Waals surface area contributed by atoms with Gasteiger partial charge in [-0.25, -0.2) is 0 Å². The van der Waals surface area contributed by atoms with Crippen LogP contribution in [0.5, 0.6) is 5.75 Å². The molecule has 0 atom stereocenters. The van der Waals surface area contributed by atoms with Crippen LogP contribution in [-0.2, 0) is 20.9 Å². The second-order valence-corrected chi connectivity index (χ2v) is 7.56. The molecular weight excluding hydrogens is 376 g/mol. The summed E-state index contributed by atoms with van der Waals surface area (Å²) >= 11 is 1.38. The normalized spacial score (nSPS) is 11.6. The highest BCUT2D eigenvalue weighted by molar-refractivity contribution is 7.16. The Morgan fingerprint density at radius 3 is 2.46 bits per heavy atom. The Bertz CT molecular complexity index is 1090. The molecule has 0 aliphatic rings. The standard InChI is InChI=1S/C21H22N2O4S/c1-13-5-7-16(8-6-13)27-12-18(24)22-21-23(11-19(25)26-4)17-10-14(2)9-15(3)20(17)28-21/h5-10H,11-12H2,1-4H3. The SMILES string of the molecule is COC(=O)Cn1c(=NC(=O)COc2ccc(C)cc2)sc2c(C)cc(C)cc21. The number of rotatable bonds is 5. The molecule has 0 saturated carbocycles. The molecule has 3 aromatic rings. The van der Waals surface area contributed by atoms with Gasteiger partial charge in [-0.2, -0.15) is 4.99 Å². The Morgan fingerprint density at radius 1 is 1.07 bits per heavy atom. The van der Waals surface area contributed by atoms with E-state index in [9.17, 15) is 9.59 Å². The first-order valence-corrected chi connectivity index (χ1v) is 9.63. The van der Waals surface area contributed by atoms with Crippen LogP contribution in [0.4, 0.5) is 0 Å². The van der Waals surface area contributed by atoms with E-state index in [-0.39, 0.29) is 13.2 Å². The number of hydrogen-bond acceptors (Lipinski definition) is 5. The lowest BCUT2D eigenvalue weighted by Crippen LogP contribution is -2.23. The summed E-state index contributed by atoms with van der Waals surface area (Å²) in [6.07, 6.45) is 0. The lowest BCUT2D eigenvalue weighted by molar-refractivity contribution is -0.141. The van der Waals surface area contributed by atoms with Crippen molar-refractivity contribution in [3.8, 4) is 5.75 Å². The van der Waals surface area contributed by atoms with Gasteiger partial charge in [-0.05, 0) is 50.1 Å². The molecule has 146 valence electrons. The van der Waals surface area contributed by atoms with Crippen molar-refractivity contribution in [2.75, 3.05) is 13.7 Å². The van der Waals surface area contributed by atoms with Crippen LogP contribution in [-0.4, -0.2) is 30.2 Å². The molecule has 0 bridgehead atoms. The fourth-order valence-electron chi connectivity index (χ4n) is 2.86. The Labute approximate surface area is 167 Å². The number of methoxy groups -OCH3 is 1. The number of nitrogens with zero attached hydrogens (tertiary/aromatic N) is 2. The van der Waals surface area contributed by atoms with Crippen LogP contribution >= 0.6 is 11.3 Å². The van der Waals surface area contributed by atoms with E-state index in [2.05, 4.69) is 11.1 Å². The highest BCUT2D eigenvalue weighted by Crippen LogP contribution is 2.23. The number of benzene rings is 2. The van der Waals surface area contributed by atoms with Crippen LogP contribution in [0.3, 0.4) is 0 Å². The number of thiazole rings is 1. The van der Waals surface area contributed by atoms with Gasteiger partial charge in [-0.3, -0.25) is 9.59 Å². The molecule has 6 nitrogen and oxygen atoms in total. The van der Waals surface area contributed by atoms with Gasteiger partial charge >= 0.3 is 5.97 Å². The highest BCUT2D eigenvalue weighted by atomic mass is 32.1. The van der Waals surface area contributed by atoms with Crippen LogP contribution in [0.25, 0.3) is 10.2 Å². The number of fused-ring (bicyclic) bond motifs is 1. The predicted molar refractivity (Wildman–Crippen MR) is 109 cm³/mol. The van der Waals surface area contributed by atoms with Crippen molar-refractivity contribution < 1.29 is 19.1 Å². The Balaban J connectivity index is 1.94. The van der Waals surface area contributed by atoms with Gasteiger partial charge in [0.1, 0.15) is 12.3 Å². The van der Waals surface area contributed by atoms with Gasteiger partial charge < -0.3 is 14.0 Å². The van der Waals surface area contributed by atoms with Crippen molar-refractivity contribution in [2.24, 2.45) is 4.99 Å². The van der Waals surface area contributed by atoms with E-state index >= 15 is 0 Å². The molecule has 0 spiro atoms. The van der Waals surface area contributed by atoms with Gasteiger partial charge in [0.15, 0.2) is 11.4 Å². The molecule has 2 aromatic carbocycles. The molecule has 1 heterocycles. The number of aromatic nitrogens is 1. The van der Waals surface area contributed by atoms with Crippen LogP contribution < -0.4 is 9.54 Å². The third-order valence-corrected chi connectivity index (χ3v) is 5.46. The number of carbonyl (C=O) groups is 2. The summed E-state index contributed by atoms with van der Waals surface area (Å²) in [5, 5.41) is 0. The number of ether oxygens (including phenoxy) is 2. The Morgan fingerprint density at radius 2 is 1.79 bits per heavy atom. The van der Waals surface area contributed by atoms with E-state index in [4.69, 9.17) is 9.47 Å². The quantitative estimate of drug-likeness (QED) is 0.619. The minimum Gasteiger partial charge on any atom is -0.484 e. The molecule has 3 rings (SSSR count). The largest absolute Gasteiger partial charge is 0.484 e. The zero-order valence-corrected chi connectivity index (χ0v) is 17.1. The van der Waals surface area contributed by atoms with E-state index in [1.54, 1.807) is 4.57 Å². The average Bonchev–Trinajstić information content (AvgIpc) is 2.98. The highest BCUT2D eigenvalue weighted by Gasteiger charge is 2.14. The van der Waals surface area contributed by atoms with Crippen molar-refractivity contribution in [1.82, 2.24) is 4.57 Å². The van der Waals surface area contributed by atoms with Crippen molar-refractivity contribution >= 4 is 33.4 Å². The zero-order valence-electron chi connectivity index (χ0n) is 16.3. The first-order valence-electron chi connectivity index (χ1n) is 8.82. The predicted octanol–water partition coefficient (Wildman–Crippen LogP) is 3.31. The number of carbonyl (C=O) groups excluding carboxylic acids is 2. The third-order valence-electron chi connectivity index (χ3n) is 4.23. The van der Waals surface area contributed by atoms with Crippen molar-refractivity contribution in [3.05, 3.63) is 57.9 Å². The summed E-state index contributed by atoms with van der Waals surface area (Å²) in [6.45, 7) is 5.79. The zero-order chi connectivity index (χ0) is 20.3. The first kappa shape index (κ1) is 19.8. The molecule has 0 aliphatic carbocycles. The van der Waals surface area contributed by atoms with Crippen LogP contribution in [0.1, 0.15) is 16.7 Å². The molecular formula is C21H22N2O4S. The number of hydrogen-bond donors (Lipinski definition) is 0. The molecule has 1 amide bonds. The summed E-state index contributed by atoms with van der Waals surface area (Å²) in [4.78, 5) is 28.9. The molecule has 0 saturated heterocycles. The van der Waals surface area contributed by atoms with Gasteiger partial charge in [0.25, 0.3) is 5.91 Å². The van der Waals surface area contributed by atoms with E-state index in [0.29, 0.717) is 10.6 Å². The second-order valence-electron chi connectivity index (χ2n) is 6.58. The first-order chi connectivity index (χ1) is 13.4. The van der Waals surface area contributed by atoms with E-state index in [0.717, 1.165) is 26.9 Å².